The second-order valence-electron chi connectivity index (χ2n) is 10.1. The molecule has 7 rings (SSSR count). The minimum atomic E-state index is -4.61. The molecule has 2 radical (unpaired) electrons. The van der Waals surface area contributed by atoms with Gasteiger partial charge in [-0.3, -0.25) is 18.2 Å². The lowest BCUT2D eigenvalue weighted by Crippen LogP contribution is -2.34. The molecule has 3 aliphatic heterocycles. The van der Waals surface area contributed by atoms with Crippen LogP contribution in [-0.4, -0.2) is 96.5 Å². The number of fused-ring (bicyclic) bond motifs is 5. The van der Waals surface area contributed by atoms with Crippen LogP contribution in [0.3, 0.4) is 0 Å². The summed E-state index contributed by atoms with van der Waals surface area (Å²) in [5.74, 6) is 0.0500. The van der Waals surface area contributed by atoms with Gasteiger partial charge in [0.1, 0.15) is 41.8 Å². The molecule has 3 fully saturated rings. The third-order valence-electron chi connectivity index (χ3n) is 7.30. The minimum Gasteiger partial charge on any atom is -0.397 e. The molecule has 23 heteroatoms. The first-order valence-electron chi connectivity index (χ1n) is 12.9. The van der Waals surface area contributed by atoms with Crippen molar-refractivity contribution in [1.29, 1.82) is 0 Å². The zero-order valence-electron chi connectivity index (χ0n) is 22.1. The van der Waals surface area contributed by atoms with E-state index in [0.717, 1.165) is 6.33 Å². The number of imidazole rings is 2. The predicted octanol–water partition coefficient (Wildman–Crippen LogP) is 1.22. The van der Waals surface area contributed by atoms with Gasteiger partial charge in [-0.1, -0.05) is 0 Å². The van der Waals surface area contributed by atoms with Crippen LogP contribution in [0, 0.1) is 0 Å². The summed E-state index contributed by atoms with van der Waals surface area (Å²) in [4.78, 5) is 31.3. The summed E-state index contributed by atoms with van der Waals surface area (Å²) in [6, 6.07) is 1.52. The lowest BCUT2D eigenvalue weighted by atomic mass is 10.1. The Kier molecular flexibility index (Phi) is 7.48. The largest absolute Gasteiger partial charge is 0.397 e. The molecule has 0 spiro atoms. The van der Waals surface area contributed by atoms with Crippen molar-refractivity contribution in [3.63, 3.8) is 0 Å². The number of ether oxygens (including phenoxy) is 2. The molecule has 44 heavy (non-hydrogen) atoms. The molecule has 0 aromatic carbocycles. The fourth-order valence-electron chi connectivity index (χ4n) is 5.27. The monoisotopic (exact) mass is 671 g/mol. The fourth-order valence-corrected chi connectivity index (χ4v) is 7.68. The minimum absolute atomic E-state index is 0.0500. The number of rotatable bonds is 2. The Morgan fingerprint density at radius 2 is 1.59 bits per heavy atom. The number of hydrogen-bond acceptors (Lipinski definition) is 15. The summed E-state index contributed by atoms with van der Waals surface area (Å²) >= 11 is 5.13. The lowest BCUT2D eigenvalue weighted by molar-refractivity contribution is -0.0580. The van der Waals surface area contributed by atoms with Crippen molar-refractivity contribution in [2.24, 2.45) is 0 Å². The highest BCUT2D eigenvalue weighted by Gasteiger charge is 2.53. The van der Waals surface area contributed by atoms with Crippen molar-refractivity contribution in [2.45, 2.75) is 49.2 Å². The normalized spacial score (nSPS) is 38.2. The molecule has 7 heterocycles. The number of nitrogens with zero attached hydrogens (tertiary/aromatic N) is 7. The molecule has 0 aliphatic carbocycles. The number of pyridine rings is 1. The molecule has 4 aromatic heterocycles. The van der Waals surface area contributed by atoms with Crippen molar-refractivity contribution in [3.8, 4) is 0 Å². The number of halogens is 2. The Morgan fingerprint density at radius 3 is 2.39 bits per heavy atom. The summed E-state index contributed by atoms with van der Waals surface area (Å²) in [5.41, 5.74) is 12.9. The second kappa shape index (κ2) is 11.0. The Balaban J connectivity index is 1.20. The lowest BCUT2D eigenvalue weighted by Gasteiger charge is -2.27. The highest BCUT2D eigenvalue weighted by Crippen LogP contribution is 2.54. The number of nitrogens with two attached hydrogens (primary N) is 2. The standard InChI is InChI=1S/C21H22BF2N9O8P2S/c22-42(34)36-4-10-15(12(24)20(39-10)32-7-31-14-17(26)28-5-29-19(14)32)41-43(35,44)37-3-9-11(23)16(40-42)21(38-9)33-6-30-13-8(25)1-2-27-18(13)33/h1-2,5-7,9-12,15-16,20-21H,3-4H2,(H2,25,27)(H,35,44)(H2,26,28,29)/t9-,10-,11+,12-,15-,16-,20-,21-,42?,43?/m1/s1. The topological polar surface area (TPSA) is 219 Å². The Morgan fingerprint density at radius 1 is 0.909 bits per heavy atom. The van der Waals surface area contributed by atoms with Crippen molar-refractivity contribution in [3.05, 3.63) is 31.2 Å². The van der Waals surface area contributed by atoms with Crippen LogP contribution in [0.4, 0.5) is 20.3 Å². The highest BCUT2D eigenvalue weighted by atomic mass is 32.5. The maximum absolute atomic E-state index is 16.0. The number of aromatic nitrogens is 7. The van der Waals surface area contributed by atoms with E-state index in [0.29, 0.717) is 11.2 Å². The maximum Gasteiger partial charge on any atom is 0.325 e. The van der Waals surface area contributed by atoms with Gasteiger partial charge in [0.25, 0.3) is 7.47 Å². The summed E-state index contributed by atoms with van der Waals surface area (Å²) in [6.45, 7) is -5.64. The first kappa shape index (κ1) is 30.0. The van der Waals surface area contributed by atoms with E-state index < -0.39 is 76.6 Å². The molecular weight excluding hydrogens is 649 g/mol. The fraction of sp³-hybridized carbons (Fsp3) is 0.476. The predicted molar refractivity (Wildman–Crippen MR) is 151 cm³/mol. The van der Waals surface area contributed by atoms with Crippen molar-refractivity contribution < 1.29 is 45.8 Å². The van der Waals surface area contributed by atoms with Crippen LogP contribution in [0.5, 0.6) is 0 Å². The first-order valence-corrected chi connectivity index (χ1v) is 17.1. The van der Waals surface area contributed by atoms with Gasteiger partial charge in [0.05, 0.1) is 31.6 Å². The van der Waals surface area contributed by atoms with Crippen LogP contribution in [0.15, 0.2) is 31.2 Å². The summed E-state index contributed by atoms with van der Waals surface area (Å²) < 4.78 is 81.2. The number of anilines is 2. The highest BCUT2D eigenvalue weighted by molar-refractivity contribution is 8.07. The van der Waals surface area contributed by atoms with Crippen LogP contribution in [-0.2, 0) is 43.9 Å². The molecule has 0 amide bonds. The third-order valence-corrected chi connectivity index (χ3v) is 9.91. The van der Waals surface area contributed by atoms with Gasteiger partial charge in [-0.2, -0.15) is 0 Å². The average molecular weight is 671 g/mol. The van der Waals surface area contributed by atoms with E-state index in [4.69, 9.17) is 58.4 Å². The van der Waals surface area contributed by atoms with E-state index in [1.54, 1.807) is 0 Å². The first-order chi connectivity index (χ1) is 20.9. The Labute approximate surface area is 252 Å². The van der Waals surface area contributed by atoms with Crippen LogP contribution in [0.25, 0.3) is 22.3 Å². The number of nitrogen functional groups attached to an aromatic ring is 2. The summed E-state index contributed by atoms with van der Waals surface area (Å²) in [6.07, 6.45) is -7.86. The van der Waals surface area contributed by atoms with Crippen LogP contribution in [0.2, 0.25) is 0 Å². The van der Waals surface area contributed by atoms with Gasteiger partial charge in [0.15, 0.2) is 41.9 Å². The Hall–Kier alpha value is -2.71. The molecule has 4 aromatic rings. The van der Waals surface area contributed by atoms with Crippen LogP contribution >= 0.6 is 14.2 Å². The van der Waals surface area contributed by atoms with Gasteiger partial charge in [-0.05, 0) is 17.9 Å². The van der Waals surface area contributed by atoms with Gasteiger partial charge in [0, 0.05) is 6.20 Å². The molecule has 3 aliphatic rings. The van der Waals surface area contributed by atoms with Crippen molar-refractivity contribution >= 4 is 67.4 Å². The van der Waals surface area contributed by atoms with E-state index in [-0.39, 0.29) is 22.6 Å². The van der Waals surface area contributed by atoms with E-state index in [9.17, 15) is 9.46 Å². The van der Waals surface area contributed by atoms with Crippen LogP contribution < -0.4 is 11.5 Å². The van der Waals surface area contributed by atoms with Gasteiger partial charge in [-0.15, -0.1) is 0 Å². The SMILES string of the molecule is [B]P1(=O)OC[C@H]2O[C@@H](n3cnc4c(N)ncnc43)[C@H](F)[C@@H]2OP(O)(=S)OC[C@H]2O[C@@H](n3cnc4c(N)ccnc43)[C@H](O1)[C@H]2F. The number of alkyl halides is 2. The van der Waals surface area contributed by atoms with E-state index >= 15 is 8.78 Å². The number of hydrogen-bond donors (Lipinski definition) is 3. The molecular formula is C21H22BF2N9O8P2S. The van der Waals surface area contributed by atoms with E-state index in [2.05, 4.69) is 24.9 Å². The molecule has 17 nitrogen and oxygen atoms in total. The summed E-state index contributed by atoms with van der Waals surface area (Å²) in [5, 5.41) is 0. The van der Waals surface area contributed by atoms with Crippen molar-refractivity contribution in [1.82, 2.24) is 34.1 Å². The van der Waals surface area contributed by atoms with Gasteiger partial charge < -0.3 is 39.4 Å². The van der Waals surface area contributed by atoms with E-state index in [1.807, 2.05) is 0 Å². The molecule has 0 saturated carbocycles. The maximum atomic E-state index is 16.0. The van der Waals surface area contributed by atoms with Crippen molar-refractivity contribution in [2.75, 3.05) is 24.7 Å². The molecule has 5 N–H and O–H groups in total. The molecule has 2 unspecified atom stereocenters. The van der Waals surface area contributed by atoms with Crippen LogP contribution in [0.1, 0.15) is 12.5 Å². The van der Waals surface area contributed by atoms with Gasteiger partial charge in [0.2, 0.25) is 7.57 Å². The molecule has 2 bridgehead atoms. The smallest absolute Gasteiger partial charge is 0.325 e. The molecule has 232 valence electrons. The zero-order chi connectivity index (χ0) is 31.0. The average Bonchev–Trinajstić information content (AvgIpc) is 3.73. The zero-order valence-corrected chi connectivity index (χ0v) is 24.8. The summed E-state index contributed by atoms with van der Waals surface area (Å²) in [7, 11) is 1.28. The van der Waals surface area contributed by atoms with Gasteiger partial charge in [-0.25, -0.2) is 33.7 Å². The van der Waals surface area contributed by atoms with Gasteiger partial charge >= 0.3 is 6.72 Å². The quantitative estimate of drug-likeness (QED) is 0.201. The molecule has 10 atom stereocenters. The Bertz CT molecular complexity index is 1840. The molecule has 3 saturated heterocycles. The van der Waals surface area contributed by atoms with E-state index in [1.165, 1.54) is 34.1 Å². The second-order valence-corrected chi connectivity index (χ2v) is 14.4. The third kappa shape index (κ3) is 5.20.